The molecular formula is C10H16N2O. The van der Waals surface area contributed by atoms with E-state index in [9.17, 15) is 0 Å². The van der Waals surface area contributed by atoms with Crippen molar-refractivity contribution in [1.82, 2.24) is 4.98 Å². The smallest absolute Gasteiger partial charge is 0.212 e. The second-order valence-electron chi connectivity index (χ2n) is 3.68. The van der Waals surface area contributed by atoms with Gasteiger partial charge >= 0.3 is 0 Å². The molecule has 0 saturated carbocycles. The maximum atomic E-state index is 5.65. The fraction of sp³-hybridized carbons (Fsp3) is 0.500. The van der Waals surface area contributed by atoms with Gasteiger partial charge < -0.3 is 10.5 Å². The van der Waals surface area contributed by atoms with Crippen molar-refractivity contribution in [3.8, 4) is 5.88 Å². The zero-order chi connectivity index (χ0) is 9.90. The first-order valence-corrected chi connectivity index (χ1v) is 4.31. The highest BCUT2D eigenvalue weighted by atomic mass is 16.5. The van der Waals surface area contributed by atoms with Crippen LogP contribution in [0.3, 0.4) is 0 Å². The molecule has 3 nitrogen and oxygen atoms in total. The van der Waals surface area contributed by atoms with Gasteiger partial charge in [0, 0.05) is 24.2 Å². The molecule has 0 spiro atoms. The van der Waals surface area contributed by atoms with Crippen LogP contribution in [0.5, 0.6) is 5.88 Å². The summed E-state index contributed by atoms with van der Waals surface area (Å²) in [7, 11) is 1.61. The Hall–Kier alpha value is -1.09. The van der Waals surface area contributed by atoms with Crippen LogP contribution in [-0.2, 0) is 5.41 Å². The molecule has 0 unspecified atom stereocenters. The van der Waals surface area contributed by atoms with Crippen molar-refractivity contribution in [2.45, 2.75) is 19.3 Å². The predicted molar refractivity (Wildman–Crippen MR) is 52.9 cm³/mol. The van der Waals surface area contributed by atoms with Crippen molar-refractivity contribution in [3.05, 3.63) is 23.9 Å². The van der Waals surface area contributed by atoms with Crippen LogP contribution in [0.25, 0.3) is 0 Å². The summed E-state index contributed by atoms with van der Waals surface area (Å²) in [5.41, 5.74) is 6.77. The predicted octanol–water partition coefficient (Wildman–Crippen LogP) is 1.33. The second kappa shape index (κ2) is 3.75. The topological polar surface area (TPSA) is 48.1 Å². The van der Waals surface area contributed by atoms with Crippen molar-refractivity contribution in [2.75, 3.05) is 13.7 Å². The molecule has 13 heavy (non-hydrogen) atoms. The summed E-state index contributed by atoms with van der Waals surface area (Å²) < 4.78 is 4.97. The van der Waals surface area contributed by atoms with E-state index in [1.165, 1.54) is 0 Å². The molecule has 0 amide bonds. The first-order valence-electron chi connectivity index (χ1n) is 4.31. The molecule has 2 N–H and O–H groups in total. The lowest BCUT2D eigenvalue weighted by Crippen LogP contribution is -2.28. The summed E-state index contributed by atoms with van der Waals surface area (Å²) in [6.07, 6.45) is 1.81. The van der Waals surface area contributed by atoms with E-state index >= 15 is 0 Å². The Morgan fingerprint density at radius 3 is 2.54 bits per heavy atom. The van der Waals surface area contributed by atoms with Gasteiger partial charge in [-0.3, -0.25) is 0 Å². The Morgan fingerprint density at radius 2 is 2.15 bits per heavy atom. The van der Waals surface area contributed by atoms with E-state index in [1.54, 1.807) is 7.11 Å². The second-order valence-corrected chi connectivity index (χ2v) is 3.68. The molecule has 0 aliphatic rings. The Kier molecular flexibility index (Phi) is 2.88. The summed E-state index contributed by atoms with van der Waals surface area (Å²) in [5, 5.41) is 0. The van der Waals surface area contributed by atoms with E-state index in [1.807, 2.05) is 18.3 Å². The van der Waals surface area contributed by atoms with Crippen molar-refractivity contribution in [3.63, 3.8) is 0 Å². The number of pyridine rings is 1. The van der Waals surface area contributed by atoms with E-state index in [2.05, 4.69) is 18.8 Å². The van der Waals surface area contributed by atoms with Gasteiger partial charge in [0.25, 0.3) is 0 Å². The van der Waals surface area contributed by atoms with Crippen molar-refractivity contribution >= 4 is 0 Å². The molecular weight excluding hydrogens is 164 g/mol. The molecule has 3 heteroatoms. The normalized spacial score (nSPS) is 11.4. The molecule has 0 atom stereocenters. The minimum Gasteiger partial charge on any atom is -0.481 e. The van der Waals surface area contributed by atoms with Crippen LogP contribution in [0.15, 0.2) is 18.3 Å². The number of ether oxygens (including phenoxy) is 1. The third-order valence-corrected chi connectivity index (χ3v) is 2.24. The SMILES string of the molecule is COc1ccc(C(C)(C)CN)cn1. The number of rotatable bonds is 3. The van der Waals surface area contributed by atoms with Gasteiger partial charge in [0.05, 0.1) is 7.11 Å². The largest absolute Gasteiger partial charge is 0.481 e. The standard InChI is InChI=1S/C10H16N2O/c1-10(2,7-11)8-4-5-9(13-3)12-6-8/h4-6H,7,11H2,1-3H3. The number of aromatic nitrogens is 1. The van der Waals surface area contributed by atoms with E-state index in [0.29, 0.717) is 12.4 Å². The van der Waals surface area contributed by atoms with Crippen molar-refractivity contribution in [2.24, 2.45) is 5.73 Å². The van der Waals surface area contributed by atoms with Gasteiger partial charge in [-0.2, -0.15) is 0 Å². The average Bonchev–Trinajstić information content (AvgIpc) is 2.18. The maximum Gasteiger partial charge on any atom is 0.212 e. The maximum absolute atomic E-state index is 5.65. The van der Waals surface area contributed by atoms with Crippen molar-refractivity contribution < 1.29 is 4.74 Å². The number of hydrogen-bond acceptors (Lipinski definition) is 3. The molecule has 0 saturated heterocycles. The number of hydrogen-bond donors (Lipinski definition) is 1. The highest BCUT2D eigenvalue weighted by Crippen LogP contribution is 2.21. The van der Waals surface area contributed by atoms with Crippen LogP contribution >= 0.6 is 0 Å². The molecule has 1 aromatic rings. The van der Waals surface area contributed by atoms with Gasteiger partial charge in [0.15, 0.2) is 0 Å². The number of nitrogens with zero attached hydrogens (tertiary/aromatic N) is 1. The van der Waals surface area contributed by atoms with E-state index in [0.717, 1.165) is 5.56 Å². The summed E-state index contributed by atoms with van der Waals surface area (Å²) in [6, 6.07) is 3.85. The van der Waals surface area contributed by atoms with Crippen LogP contribution in [0.2, 0.25) is 0 Å². The molecule has 1 rings (SSSR count). The van der Waals surface area contributed by atoms with Crippen LogP contribution in [0, 0.1) is 0 Å². The average molecular weight is 180 g/mol. The van der Waals surface area contributed by atoms with Gasteiger partial charge in [-0.05, 0) is 5.56 Å². The quantitative estimate of drug-likeness (QED) is 0.763. The fourth-order valence-electron chi connectivity index (χ4n) is 1.02. The van der Waals surface area contributed by atoms with Gasteiger partial charge in [-0.1, -0.05) is 19.9 Å². The minimum atomic E-state index is -0.0146. The van der Waals surface area contributed by atoms with Crippen LogP contribution in [-0.4, -0.2) is 18.6 Å². The van der Waals surface area contributed by atoms with E-state index < -0.39 is 0 Å². The van der Waals surface area contributed by atoms with Crippen LogP contribution < -0.4 is 10.5 Å². The molecule has 72 valence electrons. The van der Waals surface area contributed by atoms with E-state index in [4.69, 9.17) is 10.5 Å². The zero-order valence-electron chi connectivity index (χ0n) is 8.37. The fourth-order valence-corrected chi connectivity index (χ4v) is 1.02. The first-order chi connectivity index (χ1) is 6.10. The Bertz CT molecular complexity index is 267. The van der Waals surface area contributed by atoms with Gasteiger partial charge in [0.1, 0.15) is 0 Å². The zero-order valence-corrected chi connectivity index (χ0v) is 8.37. The molecule has 0 aliphatic heterocycles. The lowest BCUT2D eigenvalue weighted by Gasteiger charge is -2.22. The highest BCUT2D eigenvalue weighted by molar-refractivity contribution is 5.24. The Morgan fingerprint density at radius 1 is 1.46 bits per heavy atom. The van der Waals surface area contributed by atoms with Gasteiger partial charge in [0.2, 0.25) is 5.88 Å². The van der Waals surface area contributed by atoms with Gasteiger partial charge in [-0.15, -0.1) is 0 Å². The molecule has 1 heterocycles. The molecule has 1 aromatic heterocycles. The van der Waals surface area contributed by atoms with Gasteiger partial charge in [-0.25, -0.2) is 4.98 Å². The monoisotopic (exact) mass is 180 g/mol. The first kappa shape index (κ1) is 9.99. The van der Waals surface area contributed by atoms with Crippen molar-refractivity contribution in [1.29, 1.82) is 0 Å². The third kappa shape index (κ3) is 2.18. The Labute approximate surface area is 78.9 Å². The summed E-state index contributed by atoms with van der Waals surface area (Å²) in [6.45, 7) is 4.80. The summed E-state index contributed by atoms with van der Waals surface area (Å²) in [4.78, 5) is 4.13. The lowest BCUT2D eigenvalue weighted by atomic mass is 9.86. The molecule has 0 radical (unpaired) electrons. The highest BCUT2D eigenvalue weighted by Gasteiger charge is 2.18. The number of nitrogens with two attached hydrogens (primary N) is 1. The molecule has 0 bridgehead atoms. The molecule has 0 aliphatic carbocycles. The number of methoxy groups -OCH3 is 1. The lowest BCUT2D eigenvalue weighted by molar-refractivity contribution is 0.396. The summed E-state index contributed by atoms with van der Waals surface area (Å²) in [5.74, 6) is 0.636. The van der Waals surface area contributed by atoms with Crippen LogP contribution in [0.1, 0.15) is 19.4 Å². The molecule has 0 aromatic carbocycles. The van der Waals surface area contributed by atoms with Crippen LogP contribution in [0.4, 0.5) is 0 Å². The molecule has 0 fully saturated rings. The third-order valence-electron chi connectivity index (χ3n) is 2.24. The minimum absolute atomic E-state index is 0.0146. The summed E-state index contributed by atoms with van der Waals surface area (Å²) >= 11 is 0. The van der Waals surface area contributed by atoms with E-state index in [-0.39, 0.29) is 5.41 Å². The Balaban J connectivity index is 2.92.